The molecule has 0 saturated carbocycles. The monoisotopic (exact) mass is 292 g/mol. The zero-order chi connectivity index (χ0) is 15.9. The first kappa shape index (κ1) is 14.3. The van der Waals surface area contributed by atoms with E-state index < -0.39 is 0 Å². The largest absolute Gasteiger partial charge is 0.366 e. The van der Waals surface area contributed by atoms with Crippen LogP contribution in [0.5, 0.6) is 0 Å². The van der Waals surface area contributed by atoms with Crippen LogP contribution in [0.1, 0.15) is 22.3 Å². The molecule has 0 spiro atoms. The van der Waals surface area contributed by atoms with Crippen molar-refractivity contribution in [3.05, 3.63) is 58.7 Å². The lowest BCUT2D eigenvalue weighted by atomic mass is 10.0. The molecule has 0 amide bonds. The summed E-state index contributed by atoms with van der Waals surface area (Å²) in [5, 5.41) is 4.41. The fourth-order valence-corrected chi connectivity index (χ4v) is 2.88. The zero-order valence-electron chi connectivity index (χ0n) is 13.4. The minimum Gasteiger partial charge on any atom is -0.366 e. The number of hydrogen-bond acceptors (Lipinski definition) is 3. The molecule has 1 heterocycles. The number of benzene rings is 2. The van der Waals surface area contributed by atoms with E-state index in [0.29, 0.717) is 0 Å². The predicted molar refractivity (Wildman–Crippen MR) is 90.2 cm³/mol. The van der Waals surface area contributed by atoms with Crippen molar-refractivity contribution in [2.24, 2.45) is 0 Å². The average Bonchev–Trinajstić information content (AvgIpc) is 2.80. The summed E-state index contributed by atoms with van der Waals surface area (Å²) in [5.41, 5.74) is 12.7. The summed E-state index contributed by atoms with van der Waals surface area (Å²) in [6, 6.07) is 12.5. The molecule has 4 nitrogen and oxygen atoms in total. The Kier molecular flexibility index (Phi) is 3.45. The first-order valence-electron chi connectivity index (χ1n) is 7.33. The van der Waals surface area contributed by atoms with Crippen molar-refractivity contribution in [3.8, 4) is 17.1 Å². The molecule has 0 saturated heterocycles. The number of aryl methyl sites for hydroxylation is 4. The van der Waals surface area contributed by atoms with Crippen LogP contribution in [0, 0.1) is 27.7 Å². The van der Waals surface area contributed by atoms with Crippen molar-refractivity contribution in [1.29, 1.82) is 0 Å². The van der Waals surface area contributed by atoms with Gasteiger partial charge in [0.25, 0.3) is 0 Å². The maximum Gasteiger partial charge on any atom is 0.240 e. The van der Waals surface area contributed by atoms with Crippen LogP contribution in [-0.4, -0.2) is 14.8 Å². The van der Waals surface area contributed by atoms with Crippen molar-refractivity contribution in [2.45, 2.75) is 27.7 Å². The molecule has 2 aromatic carbocycles. The topological polar surface area (TPSA) is 56.7 Å². The molecule has 0 fully saturated rings. The Bertz CT molecular complexity index is 806. The number of aromatic nitrogens is 3. The highest BCUT2D eigenvalue weighted by Crippen LogP contribution is 2.27. The predicted octanol–water partition coefficient (Wildman–Crippen LogP) is 3.75. The first-order valence-corrected chi connectivity index (χ1v) is 7.33. The van der Waals surface area contributed by atoms with E-state index in [1.807, 2.05) is 16.8 Å². The highest BCUT2D eigenvalue weighted by Gasteiger charge is 2.15. The van der Waals surface area contributed by atoms with E-state index >= 15 is 0 Å². The summed E-state index contributed by atoms with van der Waals surface area (Å²) in [6.45, 7) is 8.34. The molecule has 3 rings (SSSR count). The Balaban J connectivity index is 2.23. The van der Waals surface area contributed by atoms with Crippen LogP contribution in [0.2, 0.25) is 0 Å². The quantitative estimate of drug-likeness (QED) is 0.782. The van der Waals surface area contributed by atoms with Crippen molar-refractivity contribution >= 4 is 5.95 Å². The normalized spacial score (nSPS) is 10.9. The van der Waals surface area contributed by atoms with Gasteiger partial charge in [0.1, 0.15) is 0 Å². The molecule has 0 atom stereocenters. The third-order valence-corrected chi connectivity index (χ3v) is 3.78. The Morgan fingerprint density at radius 1 is 0.864 bits per heavy atom. The molecule has 0 unspecified atom stereocenters. The lowest BCUT2D eigenvalue weighted by Gasteiger charge is -2.13. The summed E-state index contributed by atoms with van der Waals surface area (Å²) >= 11 is 0. The van der Waals surface area contributed by atoms with Gasteiger partial charge in [-0.2, -0.15) is 4.98 Å². The Labute approximate surface area is 130 Å². The number of nitrogen functional groups attached to an aromatic ring is 1. The number of nitrogens with zero attached hydrogens (tertiary/aromatic N) is 3. The van der Waals surface area contributed by atoms with Crippen LogP contribution >= 0.6 is 0 Å². The second kappa shape index (κ2) is 5.30. The molecule has 3 aromatic rings. The molecule has 0 radical (unpaired) electrons. The average molecular weight is 292 g/mol. The van der Waals surface area contributed by atoms with Gasteiger partial charge in [0.2, 0.25) is 5.95 Å². The summed E-state index contributed by atoms with van der Waals surface area (Å²) in [4.78, 5) is 4.42. The van der Waals surface area contributed by atoms with Crippen LogP contribution in [0.4, 0.5) is 5.95 Å². The van der Waals surface area contributed by atoms with Crippen LogP contribution in [0.3, 0.4) is 0 Å². The van der Waals surface area contributed by atoms with E-state index in [2.05, 4.69) is 62.0 Å². The third-order valence-electron chi connectivity index (χ3n) is 3.78. The smallest absolute Gasteiger partial charge is 0.240 e. The number of nitrogens with two attached hydrogens (primary N) is 1. The highest BCUT2D eigenvalue weighted by molar-refractivity contribution is 5.62. The van der Waals surface area contributed by atoms with Gasteiger partial charge >= 0.3 is 0 Å². The van der Waals surface area contributed by atoms with E-state index in [0.717, 1.165) is 28.2 Å². The van der Waals surface area contributed by atoms with Crippen molar-refractivity contribution in [1.82, 2.24) is 14.8 Å². The van der Waals surface area contributed by atoms with Gasteiger partial charge in [-0.15, -0.1) is 5.10 Å². The molecular formula is C18H20N4. The summed E-state index contributed by atoms with van der Waals surface area (Å²) in [6.07, 6.45) is 0. The van der Waals surface area contributed by atoms with Gasteiger partial charge in [0.05, 0.1) is 5.69 Å². The summed E-state index contributed by atoms with van der Waals surface area (Å²) < 4.78 is 1.85. The van der Waals surface area contributed by atoms with Gasteiger partial charge in [0, 0.05) is 5.56 Å². The zero-order valence-corrected chi connectivity index (χ0v) is 13.4. The highest BCUT2D eigenvalue weighted by atomic mass is 15.4. The van der Waals surface area contributed by atoms with E-state index in [4.69, 9.17) is 5.73 Å². The standard InChI is InChI=1S/C18H20N4/c1-11-5-7-15(8-6-11)17-20-18(19)21-22(17)16-13(3)9-12(2)10-14(16)4/h5-10H,1-4H3,(H2,19,21). The molecule has 0 bridgehead atoms. The Morgan fingerprint density at radius 2 is 1.45 bits per heavy atom. The molecule has 0 aliphatic carbocycles. The van der Waals surface area contributed by atoms with Gasteiger partial charge in [-0.25, -0.2) is 4.68 Å². The Morgan fingerprint density at radius 3 is 2.05 bits per heavy atom. The maximum absolute atomic E-state index is 5.87. The number of rotatable bonds is 2. The number of anilines is 1. The summed E-state index contributed by atoms with van der Waals surface area (Å²) in [5.74, 6) is 1.06. The van der Waals surface area contributed by atoms with Crippen molar-refractivity contribution < 1.29 is 0 Å². The van der Waals surface area contributed by atoms with Gasteiger partial charge in [-0.1, -0.05) is 47.5 Å². The fraction of sp³-hybridized carbons (Fsp3) is 0.222. The Hall–Kier alpha value is -2.62. The van der Waals surface area contributed by atoms with Gasteiger partial charge in [-0.3, -0.25) is 0 Å². The van der Waals surface area contributed by atoms with Crippen LogP contribution in [0.15, 0.2) is 36.4 Å². The van der Waals surface area contributed by atoms with Crippen LogP contribution in [0.25, 0.3) is 17.1 Å². The summed E-state index contributed by atoms with van der Waals surface area (Å²) in [7, 11) is 0. The van der Waals surface area contributed by atoms with E-state index in [9.17, 15) is 0 Å². The minimum absolute atomic E-state index is 0.287. The minimum atomic E-state index is 0.287. The fourth-order valence-electron chi connectivity index (χ4n) is 2.88. The third kappa shape index (κ3) is 2.48. The lowest BCUT2D eigenvalue weighted by molar-refractivity contribution is 0.874. The van der Waals surface area contributed by atoms with Crippen LogP contribution in [-0.2, 0) is 0 Å². The van der Waals surface area contributed by atoms with Gasteiger partial charge in [-0.05, 0) is 38.8 Å². The van der Waals surface area contributed by atoms with E-state index in [-0.39, 0.29) is 5.95 Å². The van der Waals surface area contributed by atoms with Gasteiger partial charge in [0.15, 0.2) is 5.82 Å². The van der Waals surface area contributed by atoms with E-state index in [1.165, 1.54) is 11.1 Å². The number of hydrogen-bond donors (Lipinski definition) is 1. The van der Waals surface area contributed by atoms with E-state index in [1.54, 1.807) is 0 Å². The second-order valence-electron chi connectivity index (χ2n) is 5.82. The molecular weight excluding hydrogens is 272 g/mol. The lowest BCUT2D eigenvalue weighted by Crippen LogP contribution is -2.05. The molecule has 22 heavy (non-hydrogen) atoms. The molecule has 2 N–H and O–H groups in total. The molecule has 1 aromatic heterocycles. The van der Waals surface area contributed by atoms with Crippen molar-refractivity contribution in [2.75, 3.05) is 5.73 Å². The SMILES string of the molecule is Cc1ccc(-c2nc(N)nn2-c2c(C)cc(C)cc2C)cc1. The first-order chi connectivity index (χ1) is 10.5. The molecule has 4 heteroatoms. The van der Waals surface area contributed by atoms with Crippen molar-refractivity contribution in [3.63, 3.8) is 0 Å². The maximum atomic E-state index is 5.87. The molecule has 0 aliphatic rings. The second-order valence-corrected chi connectivity index (χ2v) is 5.82. The van der Waals surface area contributed by atoms with Gasteiger partial charge < -0.3 is 5.73 Å². The molecule has 0 aliphatic heterocycles. The molecule has 112 valence electrons. The van der Waals surface area contributed by atoms with Crippen LogP contribution < -0.4 is 5.73 Å².